The van der Waals surface area contributed by atoms with Crippen LogP contribution in [0.15, 0.2) is 120 Å². The summed E-state index contributed by atoms with van der Waals surface area (Å²) < 4.78 is 7.48. The van der Waals surface area contributed by atoms with Crippen LogP contribution in [0.25, 0.3) is 64.8 Å². The van der Waals surface area contributed by atoms with Crippen molar-refractivity contribution in [2.75, 3.05) is 0 Å². The second-order valence-corrected chi connectivity index (χ2v) is 9.44. The molecule has 0 saturated carbocycles. The number of hydrogen-bond donors (Lipinski definition) is 0. The number of pyridine rings is 1. The summed E-state index contributed by atoms with van der Waals surface area (Å²) >= 11 is 1.80. The SMILES string of the molecule is c1ccc(-c2sc3cnc(-c4cccc5c4oc4ccccc45)cc3c2-c2ccccc2)cc1. The molecule has 0 bridgehead atoms. The van der Waals surface area contributed by atoms with Gasteiger partial charge in [-0.05, 0) is 29.3 Å². The molecule has 2 nitrogen and oxygen atoms in total. The van der Waals surface area contributed by atoms with Crippen molar-refractivity contribution >= 4 is 43.4 Å². The van der Waals surface area contributed by atoms with E-state index in [0.29, 0.717) is 0 Å². The summed E-state index contributed by atoms with van der Waals surface area (Å²) in [5.74, 6) is 0. The van der Waals surface area contributed by atoms with Gasteiger partial charge in [-0.3, -0.25) is 4.98 Å². The fourth-order valence-electron chi connectivity index (χ4n) is 4.78. The lowest BCUT2D eigenvalue weighted by Gasteiger charge is -2.07. The van der Waals surface area contributed by atoms with Gasteiger partial charge in [0, 0.05) is 38.4 Å². The molecule has 4 aromatic carbocycles. The van der Waals surface area contributed by atoms with Crippen molar-refractivity contribution in [3.63, 3.8) is 0 Å². The first kappa shape index (κ1) is 19.3. The van der Waals surface area contributed by atoms with Crippen molar-refractivity contribution in [2.45, 2.75) is 0 Å². The highest BCUT2D eigenvalue weighted by Crippen LogP contribution is 2.46. The number of fused-ring (bicyclic) bond motifs is 4. The highest BCUT2D eigenvalue weighted by molar-refractivity contribution is 7.23. The number of aromatic nitrogens is 1. The van der Waals surface area contributed by atoms with Crippen LogP contribution in [0.2, 0.25) is 0 Å². The van der Waals surface area contributed by atoms with E-state index >= 15 is 0 Å². The lowest BCUT2D eigenvalue weighted by molar-refractivity contribution is 0.670. The normalized spacial score (nSPS) is 11.5. The van der Waals surface area contributed by atoms with Crippen molar-refractivity contribution in [2.24, 2.45) is 0 Å². The van der Waals surface area contributed by atoms with E-state index in [-0.39, 0.29) is 0 Å². The Kier molecular flexibility index (Phi) is 4.36. The van der Waals surface area contributed by atoms with Gasteiger partial charge in [-0.2, -0.15) is 0 Å². The Morgan fingerprint density at radius 1 is 0.618 bits per heavy atom. The van der Waals surface area contributed by atoms with Gasteiger partial charge in [-0.1, -0.05) is 91.0 Å². The fourth-order valence-corrected chi connectivity index (χ4v) is 5.96. The molecule has 0 atom stereocenters. The van der Waals surface area contributed by atoms with Crippen LogP contribution in [0.5, 0.6) is 0 Å². The maximum atomic E-state index is 6.30. The minimum absolute atomic E-state index is 0.885. The minimum Gasteiger partial charge on any atom is -0.455 e. The summed E-state index contributed by atoms with van der Waals surface area (Å²) in [5.41, 5.74) is 7.42. The number of para-hydroxylation sites is 2. The van der Waals surface area contributed by atoms with Gasteiger partial charge in [-0.15, -0.1) is 11.3 Å². The quantitative estimate of drug-likeness (QED) is 0.266. The predicted octanol–water partition coefficient (Wildman–Crippen LogP) is 9.20. The molecule has 3 aromatic heterocycles. The summed E-state index contributed by atoms with van der Waals surface area (Å²) in [7, 11) is 0. The molecule has 0 aliphatic rings. The minimum atomic E-state index is 0.885. The maximum Gasteiger partial charge on any atom is 0.144 e. The molecule has 0 spiro atoms. The number of thiophene rings is 1. The first-order valence-corrected chi connectivity index (χ1v) is 12.1. The highest BCUT2D eigenvalue weighted by atomic mass is 32.1. The van der Waals surface area contributed by atoms with Gasteiger partial charge in [-0.25, -0.2) is 0 Å². The van der Waals surface area contributed by atoms with Crippen LogP contribution in [0.3, 0.4) is 0 Å². The lowest BCUT2D eigenvalue weighted by Crippen LogP contribution is -1.85. The smallest absolute Gasteiger partial charge is 0.144 e. The van der Waals surface area contributed by atoms with E-state index in [2.05, 4.69) is 97.1 Å². The van der Waals surface area contributed by atoms with Gasteiger partial charge in [0.15, 0.2) is 0 Å². The van der Waals surface area contributed by atoms with E-state index in [9.17, 15) is 0 Å². The Hall–Kier alpha value is -4.21. The van der Waals surface area contributed by atoms with Gasteiger partial charge in [0.2, 0.25) is 0 Å². The molecule has 34 heavy (non-hydrogen) atoms. The first-order valence-electron chi connectivity index (χ1n) is 11.3. The van der Waals surface area contributed by atoms with E-state index in [4.69, 9.17) is 9.40 Å². The third-order valence-corrected chi connectivity index (χ3v) is 7.54. The Bertz CT molecular complexity index is 1800. The molecule has 0 N–H and O–H groups in total. The third-order valence-electron chi connectivity index (χ3n) is 6.35. The Morgan fingerprint density at radius 2 is 1.32 bits per heavy atom. The van der Waals surface area contributed by atoms with Gasteiger partial charge in [0.05, 0.1) is 10.4 Å². The van der Waals surface area contributed by atoms with E-state index < -0.39 is 0 Å². The number of hydrogen-bond acceptors (Lipinski definition) is 3. The zero-order chi connectivity index (χ0) is 22.5. The van der Waals surface area contributed by atoms with Gasteiger partial charge < -0.3 is 4.42 Å². The summed E-state index contributed by atoms with van der Waals surface area (Å²) in [5, 5.41) is 3.47. The Morgan fingerprint density at radius 3 is 2.15 bits per heavy atom. The van der Waals surface area contributed by atoms with E-state index in [0.717, 1.165) is 33.2 Å². The summed E-state index contributed by atoms with van der Waals surface area (Å²) in [4.78, 5) is 6.16. The van der Waals surface area contributed by atoms with Gasteiger partial charge in [0.25, 0.3) is 0 Å². The van der Waals surface area contributed by atoms with E-state index in [1.807, 2.05) is 18.3 Å². The highest BCUT2D eigenvalue weighted by Gasteiger charge is 2.18. The van der Waals surface area contributed by atoms with Crippen molar-refractivity contribution in [3.05, 3.63) is 115 Å². The molecule has 7 rings (SSSR count). The molecular weight excluding hydrogens is 434 g/mol. The van der Waals surface area contributed by atoms with Crippen LogP contribution in [0.4, 0.5) is 0 Å². The second-order valence-electron chi connectivity index (χ2n) is 8.38. The molecule has 0 radical (unpaired) electrons. The topological polar surface area (TPSA) is 26.0 Å². The summed E-state index contributed by atoms with van der Waals surface area (Å²) in [6.07, 6.45) is 2.01. The number of benzene rings is 4. The van der Waals surface area contributed by atoms with Crippen LogP contribution < -0.4 is 0 Å². The van der Waals surface area contributed by atoms with E-state index in [1.54, 1.807) is 11.3 Å². The van der Waals surface area contributed by atoms with Crippen LogP contribution in [-0.2, 0) is 0 Å². The van der Waals surface area contributed by atoms with Crippen molar-refractivity contribution < 1.29 is 4.42 Å². The monoisotopic (exact) mass is 453 g/mol. The molecule has 3 heterocycles. The van der Waals surface area contributed by atoms with Crippen LogP contribution in [0, 0.1) is 0 Å². The summed E-state index contributed by atoms with van der Waals surface area (Å²) in [6.45, 7) is 0. The number of nitrogens with zero attached hydrogens (tertiary/aromatic N) is 1. The van der Waals surface area contributed by atoms with Crippen molar-refractivity contribution in [1.82, 2.24) is 4.98 Å². The average Bonchev–Trinajstić information content (AvgIpc) is 3.48. The maximum absolute atomic E-state index is 6.30. The molecule has 0 aliphatic heterocycles. The molecule has 0 amide bonds. The lowest BCUT2D eigenvalue weighted by atomic mass is 9.98. The molecule has 0 aliphatic carbocycles. The average molecular weight is 454 g/mol. The first-order chi connectivity index (χ1) is 16.9. The zero-order valence-electron chi connectivity index (χ0n) is 18.2. The third kappa shape index (κ3) is 2.98. The Balaban J connectivity index is 1.51. The zero-order valence-corrected chi connectivity index (χ0v) is 19.0. The second kappa shape index (κ2) is 7.68. The molecular formula is C31H19NOS. The molecule has 0 saturated heterocycles. The van der Waals surface area contributed by atoms with Crippen LogP contribution >= 0.6 is 11.3 Å². The molecule has 160 valence electrons. The van der Waals surface area contributed by atoms with Crippen LogP contribution in [0.1, 0.15) is 0 Å². The standard InChI is InChI=1S/C31H19NOS/c1-3-10-20(11-4-1)29-25-18-26(32-19-28(25)34-31(29)21-12-5-2-6-13-21)24-16-9-15-23-22-14-7-8-17-27(22)33-30(23)24/h1-19H. The molecule has 3 heteroatoms. The number of furan rings is 1. The van der Waals surface area contributed by atoms with E-state index in [1.165, 1.54) is 31.7 Å². The Labute approximate surface area is 200 Å². The van der Waals surface area contributed by atoms with Crippen LogP contribution in [-0.4, -0.2) is 4.98 Å². The molecule has 7 aromatic rings. The predicted molar refractivity (Wildman–Crippen MR) is 143 cm³/mol. The largest absolute Gasteiger partial charge is 0.455 e. The summed E-state index contributed by atoms with van der Waals surface area (Å²) in [6, 6.07) is 38.0. The van der Waals surface area contributed by atoms with Gasteiger partial charge >= 0.3 is 0 Å². The van der Waals surface area contributed by atoms with Gasteiger partial charge in [0.1, 0.15) is 11.2 Å². The van der Waals surface area contributed by atoms with Crippen molar-refractivity contribution in [1.29, 1.82) is 0 Å². The molecule has 0 fully saturated rings. The van der Waals surface area contributed by atoms with Crippen molar-refractivity contribution in [3.8, 4) is 32.8 Å². The fraction of sp³-hybridized carbons (Fsp3) is 0. The molecule has 0 unspecified atom stereocenters. The number of rotatable bonds is 3.